The number of aromatic carboxylic acids is 1. The fraction of sp³-hybridized carbons (Fsp3) is 0.300. The third-order valence-corrected chi connectivity index (χ3v) is 4.39. The third-order valence-electron chi connectivity index (χ3n) is 4.39. The molecule has 1 aliphatic rings. The number of amides is 1. The molecule has 5 nitrogen and oxygen atoms in total. The molecule has 1 N–H and O–H groups in total. The molecule has 0 bridgehead atoms. The van der Waals surface area contributed by atoms with Gasteiger partial charge in [0, 0.05) is 24.6 Å². The Labute approximate surface area is 146 Å². The monoisotopic (exact) mass is 339 g/mol. The van der Waals surface area contributed by atoms with Crippen molar-refractivity contribution in [2.24, 2.45) is 5.92 Å². The highest BCUT2D eigenvalue weighted by Crippen LogP contribution is 2.20. The third kappa shape index (κ3) is 4.45. The van der Waals surface area contributed by atoms with Gasteiger partial charge in [-0.1, -0.05) is 36.4 Å². The van der Waals surface area contributed by atoms with Crippen LogP contribution in [0.4, 0.5) is 0 Å². The van der Waals surface area contributed by atoms with Crippen LogP contribution in [0.2, 0.25) is 0 Å². The predicted molar refractivity (Wildman–Crippen MR) is 93.5 cm³/mol. The van der Waals surface area contributed by atoms with Crippen molar-refractivity contribution in [3.63, 3.8) is 0 Å². The Kier molecular flexibility index (Phi) is 5.46. The van der Waals surface area contributed by atoms with E-state index < -0.39 is 5.97 Å². The molecule has 0 aromatic heterocycles. The first-order chi connectivity index (χ1) is 12.1. The van der Waals surface area contributed by atoms with Crippen LogP contribution >= 0.6 is 0 Å². The summed E-state index contributed by atoms with van der Waals surface area (Å²) >= 11 is 0. The van der Waals surface area contributed by atoms with Gasteiger partial charge in [0.2, 0.25) is 0 Å². The Balaban J connectivity index is 1.51. The fourth-order valence-corrected chi connectivity index (χ4v) is 3.04. The second-order valence-corrected chi connectivity index (χ2v) is 6.29. The summed E-state index contributed by atoms with van der Waals surface area (Å²) in [7, 11) is 0. The van der Waals surface area contributed by atoms with E-state index in [0.717, 1.165) is 12.0 Å². The molecule has 1 atom stereocenters. The molecule has 130 valence electrons. The topological polar surface area (TPSA) is 66.8 Å². The van der Waals surface area contributed by atoms with Gasteiger partial charge in [0.1, 0.15) is 0 Å². The van der Waals surface area contributed by atoms with E-state index in [1.165, 1.54) is 12.1 Å². The summed E-state index contributed by atoms with van der Waals surface area (Å²) < 4.78 is 5.77. The molecule has 2 aromatic carbocycles. The molecule has 0 radical (unpaired) electrons. The summed E-state index contributed by atoms with van der Waals surface area (Å²) in [6.07, 6.45) is 0.902. The van der Waals surface area contributed by atoms with Gasteiger partial charge in [0.25, 0.3) is 5.91 Å². The zero-order chi connectivity index (χ0) is 17.6. The van der Waals surface area contributed by atoms with Crippen molar-refractivity contribution in [3.8, 4) is 0 Å². The maximum absolute atomic E-state index is 12.6. The molecule has 2 aromatic rings. The van der Waals surface area contributed by atoms with E-state index in [-0.39, 0.29) is 11.5 Å². The van der Waals surface area contributed by atoms with Gasteiger partial charge in [0.05, 0.1) is 18.8 Å². The predicted octanol–water partition coefficient (Wildman–Crippen LogP) is 3.06. The van der Waals surface area contributed by atoms with E-state index in [1.54, 1.807) is 17.0 Å². The second-order valence-electron chi connectivity index (χ2n) is 6.29. The highest BCUT2D eigenvalue weighted by atomic mass is 16.5. The van der Waals surface area contributed by atoms with Gasteiger partial charge in [-0.25, -0.2) is 4.79 Å². The van der Waals surface area contributed by atoms with E-state index in [0.29, 0.717) is 37.8 Å². The average Bonchev–Trinajstić information content (AvgIpc) is 3.11. The molecule has 0 spiro atoms. The molecule has 1 fully saturated rings. The largest absolute Gasteiger partial charge is 0.478 e. The maximum atomic E-state index is 12.6. The molecule has 0 aliphatic carbocycles. The van der Waals surface area contributed by atoms with Crippen LogP contribution in [0.15, 0.2) is 54.6 Å². The van der Waals surface area contributed by atoms with Gasteiger partial charge in [-0.15, -0.1) is 0 Å². The summed E-state index contributed by atoms with van der Waals surface area (Å²) in [6.45, 7) is 2.51. The van der Waals surface area contributed by atoms with Gasteiger partial charge in [-0.3, -0.25) is 4.79 Å². The van der Waals surface area contributed by atoms with Crippen LogP contribution in [0.5, 0.6) is 0 Å². The molecule has 1 aliphatic heterocycles. The minimum Gasteiger partial charge on any atom is -0.478 e. The van der Waals surface area contributed by atoms with Gasteiger partial charge >= 0.3 is 5.97 Å². The Morgan fingerprint density at radius 1 is 1.08 bits per heavy atom. The van der Waals surface area contributed by atoms with Crippen LogP contribution < -0.4 is 0 Å². The van der Waals surface area contributed by atoms with Crippen molar-refractivity contribution in [1.82, 2.24) is 4.90 Å². The fourth-order valence-electron chi connectivity index (χ4n) is 3.04. The number of carbonyl (C=O) groups excluding carboxylic acids is 1. The first-order valence-corrected chi connectivity index (χ1v) is 8.38. The SMILES string of the molecule is O=C(O)c1cccc(C(=O)N2CCC(COCc3ccccc3)C2)c1. The lowest BCUT2D eigenvalue weighted by Crippen LogP contribution is -2.29. The van der Waals surface area contributed by atoms with Crippen molar-refractivity contribution in [3.05, 3.63) is 71.3 Å². The standard InChI is InChI=1S/C20H21NO4/c22-19(17-7-4-8-18(11-17)20(23)24)21-10-9-16(12-21)14-25-13-15-5-2-1-3-6-15/h1-8,11,16H,9-10,12-14H2,(H,23,24). The number of carboxylic acids is 1. The number of hydrogen-bond acceptors (Lipinski definition) is 3. The van der Waals surface area contributed by atoms with Gasteiger partial charge in [0.15, 0.2) is 0 Å². The Hall–Kier alpha value is -2.66. The summed E-state index contributed by atoms with van der Waals surface area (Å²) in [6, 6.07) is 16.2. The highest BCUT2D eigenvalue weighted by molar-refractivity contribution is 5.97. The average molecular weight is 339 g/mol. The molecule has 3 rings (SSSR count). The molecule has 1 saturated heterocycles. The smallest absolute Gasteiger partial charge is 0.335 e. The Bertz CT molecular complexity index is 744. The minimum atomic E-state index is -1.02. The van der Waals surface area contributed by atoms with E-state index in [4.69, 9.17) is 9.84 Å². The quantitative estimate of drug-likeness (QED) is 0.878. The van der Waals surface area contributed by atoms with Gasteiger partial charge < -0.3 is 14.7 Å². The first kappa shape index (κ1) is 17.2. The van der Waals surface area contributed by atoms with Crippen LogP contribution in [0.25, 0.3) is 0 Å². The number of ether oxygens (including phenoxy) is 1. The van der Waals surface area contributed by atoms with Crippen LogP contribution in [-0.2, 0) is 11.3 Å². The lowest BCUT2D eigenvalue weighted by atomic mass is 10.1. The van der Waals surface area contributed by atoms with Gasteiger partial charge in [-0.2, -0.15) is 0 Å². The van der Waals surface area contributed by atoms with Crippen LogP contribution in [0.1, 0.15) is 32.7 Å². The zero-order valence-corrected chi connectivity index (χ0v) is 13.9. The number of rotatable bonds is 6. The normalized spacial score (nSPS) is 16.8. The van der Waals surface area contributed by atoms with Crippen molar-refractivity contribution in [1.29, 1.82) is 0 Å². The molecule has 25 heavy (non-hydrogen) atoms. The van der Waals surface area contributed by atoms with Crippen LogP contribution in [0.3, 0.4) is 0 Å². The van der Waals surface area contributed by atoms with Crippen molar-refractivity contribution in [2.75, 3.05) is 19.7 Å². The lowest BCUT2D eigenvalue weighted by molar-refractivity contribution is 0.0697. The van der Waals surface area contributed by atoms with Crippen molar-refractivity contribution < 1.29 is 19.4 Å². The number of hydrogen-bond donors (Lipinski definition) is 1. The number of carboxylic acid groups (broad SMARTS) is 1. The first-order valence-electron chi connectivity index (χ1n) is 8.38. The Morgan fingerprint density at radius 2 is 1.84 bits per heavy atom. The van der Waals surface area contributed by atoms with Gasteiger partial charge in [-0.05, 0) is 30.2 Å². The summed E-state index contributed by atoms with van der Waals surface area (Å²) in [5.74, 6) is -0.827. The van der Waals surface area contributed by atoms with E-state index in [2.05, 4.69) is 0 Å². The number of nitrogens with zero attached hydrogens (tertiary/aromatic N) is 1. The second kappa shape index (κ2) is 7.94. The molecule has 5 heteroatoms. The van der Waals surface area contributed by atoms with E-state index >= 15 is 0 Å². The molecular weight excluding hydrogens is 318 g/mol. The van der Waals surface area contributed by atoms with E-state index in [9.17, 15) is 9.59 Å². The number of likely N-dealkylation sites (tertiary alicyclic amines) is 1. The van der Waals surface area contributed by atoms with Crippen molar-refractivity contribution >= 4 is 11.9 Å². The molecule has 1 heterocycles. The maximum Gasteiger partial charge on any atom is 0.335 e. The van der Waals surface area contributed by atoms with Crippen LogP contribution in [0, 0.1) is 5.92 Å². The minimum absolute atomic E-state index is 0.117. The van der Waals surface area contributed by atoms with Crippen LogP contribution in [-0.4, -0.2) is 41.6 Å². The number of carbonyl (C=O) groups is 2. The molecular formula is C20H21NO4. The summed E-state index contributed by atoms with van der Waals surface area (Å²) in [4.78, 5) is 25.4. The Morgan fingerprint density at radius 3 is 2.60 bits per heavy atom. The molecule has 1 amide bonds. The van der Waals surface area contributed by atoms with Crippen molar-refractivity contribution in [2.45, 2.75) is 13.0 Å². The number of benzene rings is 2. The molecule has 0 saturated carbocycles. The highest BCUT2D eigenvalue weighted by Gasteiger charge is 2.27. The summed E-state index contributed by atoms with van der Waals surface area (Å²) in [5.41, 5.74) is 1.69. The van der Waals surface area contributed by atoms with E-state index in [1.807, 2.05) is 30.3 Å². The zero-order valence-electron chi connectivity index (χ0n) is 13.9. The molecule has 1 unspecified atom stereocenters. The lowest BCUT2D eigenvalue weighted by Gasteiger charge is -2.17. The summed E-state index contributed by atoms with van der Waals surface area (Å²) in [5, 5.41) is 9.05.